The second-order valence-electron chi connectivity index (χ2n) is 6.11. The molecule has 3 heterocycles. The van der Waals surface area contributed by atoms with E-state index in [0.717, 1.165) is 19.6 Å². The van der Waals surface area contributed by atoms with Gasteiger partial charge >= 0.3 is 6.09 Å². The number of carbonyl (C=O) groups is 1. The summed E-state index contributed by atoms with van der Waals surface area (Å²) < 4.78 is 22.7. The molecule has 0 aliphatic carbocycles. The first kappa shape index (κ1) is 18.7. The molecule has 0 radical (unpaired) electrons. The number of nitrogens with zero attached hydrogens (tertiary/aromatic N) is 2. The summed E-state index contributed by atoms with van der Waals surface area (Å²) in [6.45, 7) is 4.28. The lowest BCUT2D eigenvalue weighted by molar-refractivity contribution is -0.0770. The van der Waals surface area contributed by atoms with Gasteiger partial charge in [-0.25, -0.2) is 18.8 Å². The summed E-state index contributed by atoms with van der Waals surface area (Å²) in [5.41, 5.74) is 4.99. The summed E-state index contributed by atoms with van der Waals surface area (Å²) in [4.78, 5) is 14.9. The van der Waals surface area contributed by atoms with E-state index in [-0.39, 0.29) is 18.0 Å². The van der Waals surface area contributed by atoms with Gasteiger partial charge in [0.2, 0.25) is 5.88 Å². The fraction of sp³-hybridized carbons (Fsp3) is 0.600. The zero-order valence-corrected chi connectivity index (χ0v) is 16.2. The number of pyridine rings is 1. The Morgan fingerprint density at radius 3 is 3.12 bits per heavy atom. The molecule has 10 heteroatoms. The molecule has 2 aliphatic rings. The van der Waals surface area contributed by atoms with Crippen molar-refractivity contribution >= 4 is 34.2 Å². The number of ether oxygens (including phenoxy) is 3. The molecule has 1 amide bonds. The van der Waals surface area contributed by atoms with E-state index < -0.39 is 6.09 Å². The molecule has 1 aromatic rings. The van der Waals surface area contributed by atoms with Crippen LogP contribution in [0.5, 0.6) is 11.6 Å². The number of carbonyl (C=O) groups excluding carboxylic acids is 1. The molecule has 8 nitrogen and oxygen atoms in total. The lowest BCUT2D eigenvalue weighted by Crippen LogP contribution is -2.43. The topological polar surface area (TPSA) is 98.9 Å². The van der Waals surface area contributed by atoms with Gasteiger partial charge in [-0.1, -0.05) is 6.92 Å². The molecule has 138 valence electrons. The molecular weight excluding hydrogens is 412 g/mol. The number of amides is 1. The number of hydrogen-bond acceptors (Lipinski definition) is 8. The molecule has 3 atom stereocenters. The number of aromatic nitrogens is 1. The Bertz CT molecular complexity index is 615. The largest absolute Gasteiger partial charge is 0.475 e. The Kier molecular flexibility index (Phi) is 6.39. The summed E-state index contributed by atoms with van der Waals surface area (Å²) in [6, 6.07) is 1.77. The number of primary amides is 1. The summed E-state index contributed by atoms with van der Waals surface area (Å²) in [5, 5.41) is 0. The lowest BCUT2D eigenvalue weighted by Gasteiger charge is -2.35. The van der Waals surface area contributed by atoms with E-state index in [9.17, 15) is 4.79 Å². The average Bonchev–Trinajstić information content (AvgIpc) is 3.03. The van der Waals surface area contributed by atoms with E-state index >= 15 is 0 Å². The van der Waals surface area contributed by atoms with Crippen molar-refractivity contribution < 1.29 is 19.0 Å². The van der Waals surface area contributed by atoms with Crippen molar-refractivity contribution in [2.45, 2.75) is 32.0 Å². The zero-order valence-electron chi connectivity index (χ0n) is 13.8. The van der Waals surface area contributed by atoms with Gasteiger partial charge in [0.15, 0.2) is 5.75 Å². The second kappa shape index (κ2) is 8.54. The summed E-state index contributed by atoms with van der Waals surface area (Å²) in [5.74, 6) is 1.32. The Balaban J connectivity index is 1.56. The van der Waals surface area contributed by atoms with E-state index in [1.54, 1.807) is 18.2 Å². The highest BCUT2D eigenvalue weighted by Crippen LogP contribution is 2.31. The van der Waals surface area contributed by atoms with E-state index in [1.807, 2.05) is 0 Å². The summed E-state index contributed by atoms with van der Waals surface area (Å²) in [6.07, 6.45) is 2.81. The number of nitrogens with one attached hydrogen (secondary N) is 1. The molecular formula is C15H21BrN4O4S. The van der Waals surface area contributed by atoms with Crippen molar-refractivity contribution in [3.05, 3.63) is 16.7 Å². The Morgan fingerprint density at radius 2 is 2.44 bits per heavy atom. The Hall–Kier alpha value is -1.07. The summed E-state index contributed by atoms with van der Waals surface area (Å²) >= 11 is 4.95. The highest BCUT2D eigenvalue weighted by atomic mass is 79.9. The third kappa shape index (κ3) is 4.98. The van der Waals surface area contributed by atoms with E-state index in [0.29, 0.717) is 22.9 Å². The molecule has 25 heavy (non-hydrogen) atoms. The van der Waals surface area contributed by atoms with E-state index in [1.165, 1.54) is 12.6 Å². The van der Waals surface area contributed by atoms with Gasteiger partial charge in [-0.2, -0.15) is 0 Å². The fourth-order valence-electron chi connectivity index (χ4n) is 2.73. The van der Waals surface area contributed by atoms with Gasteiger partial charge in [0, 0.05) is 24.7 Å². The predicted molar refractivity (Wildman–Crippen MR) is 97.0 cm³/mol. The fourth-order valence-corrected chi connectivity index (χ4v) is 4.16. The van der Waals surface area contributed by atoms with Crippen LogP contribution in [-0.4, -0.2) is 47.4 Å². The molecule has 2 fully saturated rings. The van der Waals surface area contributed by atoms with Crippen molar-refractivity contribution in [3.8, 4) is 11.6 Å². The van der Waals surface area contributed by atoms with Crippen molar-refractivity contribution in [1.29, 1.82) is 0 Å². The van der Waals surface area contributed by atoms with Crippen molar-refractivity contribution in [2.24, 2.45) is 11.7 Å². The van der Waals surface area contributed by atoms with Gasteiger partial charge in [0.05, 0.1) is 23.3 Å². The van der Waals surface area contributed by atoms with Gasteiger partial charge in [-0.15, -0.1) is 0 Å². The van der Waals surface area contributed by atoms with Crippen LogP contribution in [0.3, 0.4) is 0 Å². The normalized spacial score (nSPS) is 27.2. The lowest BCUT2D eigenvalue weighted by atomic mass is 10.0. The number of rotatable bonds is 5. The quantitative estimate of drug-likeness (QED) is 0.683. The average molecular weight is 433 g/mol. The first-order chi connectivity index (χ1) is 12.0. The minimum atomic E-state index is -0.881. The third-order valence-electron chi connectivity index (χ3n) is 4.03. The minimum absolute atomic E-state index is 0.104. The highest BCUT2D eigenvalue weighted by molar-refractivity contribution is 9.10. The maximum atomic E-state index is 10.8. The van der Waals surface area contributed by atoms with Crippen molar-refractivity contribution in [2.75, 3.05) is 19.8 Å². The molecule has 0 aromatic carbocycles. The van der Waals surface area contributed by atoms with Crippen molar-refractivity contribution in [3.63, 3.8) is 0 Å². The van der Waals surface area contributed by atoms with Crippen LogP contribution >= 0.6 is 28.1 Å². The molecule has 3 rings (SSSR count). The van der Waals surface area contributed by atoms with Gasteiger partial charge < -0.3 is 19.9 Å². The van der Waals surface area contributed by atoms with E-state index in [2.05, 4.69) is 36.9 Å². The smallest absolute Gasteiger partial charge is 0.410 e. The predicted octanol–water partition coefficient (Wildman–Crippen LogP) is 2.29. The van der Waals surface area contributed by atoms with Crippen LogP contribution in [-0.2, 0) is 4.74 Å². The molecule has 2 saturated heterocycles. The summed E-state index contributed by atoms with van der Waals surface area (Å²) in [7, 11) is 0. The molecule has 3 N–H and O–H groups in total. The number of hydrogen-bond donors (Lipinski definition) is 2. The molecule has 0 spiro atoms. The zero-order chi connectivity index (χ0) is 17.8. The van der Waals surface area contributed by atoms with Gasteiger partial charge in [0.1, 0.15) is 12.8 Å². The third-order valence-corrected chi connectivity index (χ3v) is 5.63. The molecule has 0 bridgehead atoms. The van der Waals surface area contributed by atoms with Crippen LogP contribution in [0.2, 0.25) is 0 Å². The van der Waals surface area contributed by atoms with Gasteiger partial charge in [-0.05, 0) is 34.7 Å². The number of halogens is 1. The standard InChI is InChI=1S/C15H21BrN4O4S/c1-9-2-3-13(22-7-9)20-10(5-19-25-20)8-23-14-12(16)4-11(6-18-14)24-15(17)21/h4,6,9-10,13,19H,2-3,5,7-8H2,1H3,(H2,17,21)/t9-,10-,13-/m0/s1. The van der Waals surface area contributed by atoms with Crippen LogP contribution in [0.4, 0.5) is 4.79 Å². The maximum Gasteiger partial charge on any atom is 0.410 e. The van der Waals surface area contributed by atoms with Crippen LogP contribution in [0.15, 0.2) is 16.7 Å². The number of nitrogens with two attached hydrogens (primary N) is 1. The molecule has 0 unspecified atom stereocenters. The van der Waals surface area contributed by atoms with Gasteiger partial charge in [0.25, 0.3) is 0 Å². The van der Waals surface area contributed by atoms with E-state index in [4.69, 9.17) is 19.9 Å². The highest BCUT2D eigenvalue weighted by Gasteiger charge is 2.35. The molecule has 2 aliphatic heterocycles. The first-order valence-corrected chi connectivity index (χ1v) is 9.65. The van der Waals surface area contributed by atoms with Gasteiger partial charge in [-0.3, -0.25) is 0 Å². The SMILES string of the molecule is C[C@H]1CC[C@@H](N2SNC[C@H]2COc2ncc(OC(N)=O)cc2Br)OC1. The maximum absolute atomic E-state index is 10.8. The van der Waals surface area contributed by atoms with Crippen LogP contribution < -0.4 is 19.9 Å². The minimum Gasteiger partial charge on any atom is -0.475 e. The van der Waals surface area contributed by atoms with Crippen LogP contribution in [0, 0.1) is 5.92 Å². The monoisotopic (exact) mass is 432 g/mol. The second-order valence-corrected chi connectivity index (χ2v) is 7.86. The molecule has 1 aromatic heterocycles. The van der Waals surface area contributed by atoms with Crippen LogP contribution in [0.25, 0.3) is 0 Å². The van der Waals surface area contributed by atoms with Crippen LogP contribution in [0.1, 0.15) is 19.8 Å². The Morgan fingerprint density at radius 1 is 1.60 bits per heavy atom. The Labute approximate surface area is 159 Å². The van der Waals surface area contributed by atoms with Crippen molar-refractivity contribution in [1.82, 2.24) is 14.0 Å². The first-order valence-electron chi connectivity index (χ1n) is 8.08. The molecule has 0 saturated carbocycles.